The minimum Gasteiger partial charge on any atom is -0.453 e. The van der Waals surface area contributed by atoms with Gasteiger partial charge in [-0.2, -0.15) is 0 Å². The summed E-state index contributed by atoms with van der Waals surface area (Å²) in [4.78, 5) is 29.9. The molecule has 12 heteroatoms. The lowest BCUT2D eigenvalue weighted by molar-refractivity contribution is 0.167. The number of imidazole rings is 1. The molecular formula is C28H32ClFN8O2. The average Bonchev–Trinajstić information content (AvgIpc) is 3.33. The van der Waals surface area contributed by atoms with Crippen LogP contribution >= 0.6 is 11.6 Å². The van der Waals surface area contributed by atoms with Crippen molar-refractivity contribution in [2.45, 2.75) is 19.5 Å². The SMILES string of the molecule is COC(=O)NCCN1CCN(c2ccc(-c3nc(NCc4ccc(Cl)cc4F)c4c(ncn4C)n3)cc2)[C@@H](C)C1. The highest BCUT2D eigenvalue weighted by atomic mass is 35.5. The number of ether oxygens (including phenoxy) is 1. The smallest absolute Gasteiger partial charge is 0.406 e. The van der Waals surface area contributed by atoms with Crippen LogP contribution in [0.15, 0.2) is 48.8 Å². The van der Waals surface area contributed by atoms with E-state index in [-0.39, 0.29) is 12.4 Å². The van der Waals surface area contributed by atoms with Crippen molar-refractivity contribution in [3.8, 4) is 11.4 Å². The third-order valence-corrected chi connectivity index (χ3v) is 7.32. The second-order valence-corrected chi connectivity index (χ2v) is 10.3. The van der Waals surface area contributed by atoms with Gasteiger partial charge in [-0.3, -0.25) is 4.90 Å². The Bertz CT molecular complexity index is 1500. The van der Waals surface area contributed by atoms with Crippen LogP contribution in [0.1, 0.15) is 12.5 Å². The monoisotopic (exact) mass is 566 g/mol. The summed E-state index contributed by atoms with van der Waals surface area (Å²) in [6.07, 6.45) is 1.28. The molecule has 0 saturated carbocycles. The topological polar surface area (TPSA) is 100 Å². The van der Waals surface area contributed by atoms with Crippen LogP contribution in [0.4, 0.5) is 20.7 Å². The first-order valence-electron chi connectivity index (χ1n) is 13.1. The molecule has 0 unspecified atom stereocenters. The van der Waals surface area contributed by atoms with Crippen molar-refractivity contribution in [2.24, 2.45) is 7.05 Å². The number of benzene rings is 2. The van der Waals surface area contributed by atoms with Crippen LogP contribution < -0.4 is 15.5 Å². The van der Waals surface area contributed by atoms with Crippen molar-refractivity contribution < 1.29 is 13.9 Å². The number of carbonyl (C=O) groups excluding carboxylic acids is 1. The van der Waals surface area contributed by atoms with Crippen LogP contribution in [0, 0.1) is 5.82 Å². The number of hydrogen-bond acceptors (Lipinski definition) is 8. The molecule has 2 aromatic carbocycles. The van der Waals surface area contributed by atoms with Crippen LogP contribution in [-0.2, 0) is 18.3 Å². The van der Waals surface area contributed by atoms with Crippen molar-refractivity contribution in [1.29, 1.82) is 0 Å². The van der Waals surface area contributed by atoms with Crippen LogP contribution in [-0.4, -0.2) is 76.4 Å². The Morgan fingerprint density at radius 1 is 1.18 bits per heavy atom. The summed E-state index contributed by atoms with van der Waals surface area (Å²) in [6.45, 7) is 6.45. The molecule has 210 valence electrons. The van der Waals surface area contributed by atoms with Gasteiger partial charge in [0.25, 0.3) is 0 Å². The molecule has 5 rings (SSSR count). The number of hydrogen-bond donors (Lipinski definition) is 2. The molecule has 0 radical (unpaired) electrons. The van der Waals surface area contributed by atoms with E-state index in [9.17, 15) is 9.18 Å². The predicted octanol–water partition coefficient (Wildman–Crippen LogP) is 4.30. The number of fused-ring (bicyclic) bond motifs is 1. The zero-order valence-electron chi connectivity index (χ0n) is 22.7. The number of rotatable bonds is 8. The van der Waals surface area contributed by atoms with Gasteiger partial charge in [0.05, 0.1) is 13.4 Å². The Balaban J connectivity index is 1.29. The van der Waals surface area contributed by atoms with Crippen LogP contribution in [0.2, 0.25) is 5.02 Å². The van der Waals surface area contributed by atoms with Gasteiger partial charge in [-0.25, -0.2) is 24.1 Å². The summed E-state index contributed by atoms with van der Waals surface area (Å²) >= 11 is 5.90. The molecule has 3 heterocycles. The summed E-state index contributed by atoms with van der Waals surface area (Å²) in [5.74, 6) is 0.733. The Kier molecular flexibility index (Phi) is 8.32. The quantitative estimate of drug-likeness (QED) is 0.326. The number of aryl methyl sites for hydroxylation is 1. The Hall–Kier alpha value is -3.96. The second-order valence-electron chi connectivity index (χ2n) is 9.82. The number of alkyl carbamates (subject to hydrolysis) is 1. The first-order chi connectivity index (χ1) is 19.3. The molecule has 0 spiro atoms. The van der Waals surface area contributed by atoms with Crippen molar-refractivity contribution >= 4 is 40.4 Å². The largest absolute Gasteiger partial charge is 0.453 e. The molecule has 1 fully saturated rings. The maximum absolute atomic E-state index is 14.4. The fraction of sp³-hybridized carbons (Fsp3) is 0.357. The number of amides is 1. The third-order valence-electron chi connectivity index (χ3n) is 7.08. The molecule has 2 aromatic heterocycles. The summed E-state index contributed by atoms with van der Waals surface area (Å²) in [5.41, 5.74) is 3.76. The van der Waals surface area contributed by atoms with E-state index in [1.165, 1.54) is 13.2 Å². The Morgan fingerprint density at radius 3 is 2.70 bits per heavy atom. The molecule has 40 heavy (non-hydrogen) atoms. The summed E-state index contributed by atoms with van der Waals surface area (Å²) in [7, 11) is 3.24. The van der Waals surface area contributed by atoms with Crippen molar-refractivity contribution in [3.05, 3.63) is 65.2 Å². The first-order valence-corrected chi connectivity index (χ1v) is 13.5. The fourth-order valence-electron chi connectivity index (χ4n) is 4.96. The van der Waals surface area contributed by atoms with Gasteiger partial charge in [-0.15, -0.1) is 0 Å². The minimum absolute atomic E-state index is 0.237. The van der Waals surface area contributed by atoms with E-state index in [1.54, 1.807) is 18.5 Å². The van der Waals surface area contributed by atoms with Gasteiger partial charge in [0, 0.05) is 74.2 Å². The molecule has 2 N–H and O–H groups in total. The van der Waals surface area contributed by atoms with Crippen LogP contribution in [0.25, 0.3) is 22.6 Å². The summed E-state index contributed by atoms with van der Waals surface area (Å²) < 4.78 is 20.8. The number of carbonyl (C=O) groups is 1. The summed E-state index contributed by atoms with van der Waals surface area (Å²) in [6, 6.07) is 13.1. The predicted molar refractivity (Wildman–Crippen MR) is 154 cm³/mol. The molecule has 1 aliphatic heterocycles. The number of aromatic nitrogens is 4. The molecule has 0 bridgehead atoms. The molecule has 1 saturated heterocycles. The standard InChI is InChI=1S/C28H32ClFN8O2/c1-18-16-37(11-10-31-28(39)40-3)12-13-38(18)22-8-5-19(6-9-22)25-34-26(24-27(35-25)33-17-36(24)2)32-15-20-4-7-21(29)14-23(20)30/h4-9,14,17-18H,10-13,15-16H2,1-3H3,(H,31,39)(H,32,34,35)/t18-/m0/s1. The van der Waals surface area contributed by atoms with Gasteiger partial charge in [0.15, 0.2) is 17.3 Å². The molecule has 4 aromatic rings. The molecule has 1 aliphatic rings. The molecule has 0 aliphatic carbocycles. The Labute approximate surface area is 237 Å². The van der Waals surface area contributed by atoms with E-state index in [0.29, 0.717) is 40.5 Å². The second kappa shape index (κ2) is 12.1. The van der Waals surface area contributed by atoms with E-state index in [2.05, 4.69) is 49.2 Å². The highest BCUT2D eigenvalue weighted by Gasteiger charge is 2.24. The lowest BCUT2D eigenvalue weighted by Crippen LogP contribution is -2.53. The van der Waals surface area contributed by atoms with Crippen LogP contribution in [0.3, 0.4) is 0 Å². The normalized spacial score (nSPS) is 15.8. The zero-order chi connectivity index (χ0) is 28.2. The number of halogens is 2. The highest BCUT2D eigenvalue weighted by molar-refractivity contribution is 6.30. The van der Waals surface area contributed by atoms with E-state index in [1.807, 2.05) is 23.7 Å². The lowest BCUT2D eigenvalue weighted by atomic mass is 10.1. The molecule has 10 nitrogen and oxygen atoms in total. The van der Waals surface area contributed by atoms with Gasteiger partial charge in [-0.05, 0) is 43.3 Å². The number of anilines is 2. The van der Waals surface area contributed by atoms with Crippen LogP contribution in [0.5, 0.6) is 0 Å². The first kappa shape index (κ1) is 27.6. The number of piperazine rings is 1. The van der Waals surface area contributed by atoms with Crippen molar-refractivity contribution in [2.75, 3.05) is 50.1 Å². The third kappa shape index (κ3) is 6.10. The van der Waals surface area contributed by atoms with E-state index in [0.717, 1.165) is 42.9 Å². The fourth-order valence-corrected chi connectivity index (χ4v) is 5.12. The van der Waals surface area contributed by atoms with Crippen molar-refractivity contribution in [1.82, 2.24) is 29.7 Å². The van der Waals surface area contributed by atoms with E-state index in [4.69, 9.17) is 21.6 Å². The molecule has 1 atom stereocenters. The molecule has 1 amide bonds. The Morgan fingerprint density at radius 2 is 1.98 bits per heavy atom. The molecular weight excluding hydrogens is 535 g/mol. The number of nitrogens with one attached hydrogen (secondary N) is 2. The van der Waals surface area contributed by atoms with Gasteiger partial charge in [0.1, 0.15) is 11.3 Å². The maximum atomic E-state index is 14.4. The zero-order valence-corrected chi connectivity index (χ0v) is 23.5. The van der Waals surface area contributed by atoms with Gasteiger partial charge < -0.3 is 24.8 Å². The van der Waals surface area contributed by atoms with E-state index < -0.39 is 6.09 Å². The number of methoxy groups -OCH3 is 1. The van der Waals surface area contributed by atoms with Gasteiger partial charge >= 0.3 is 6.09 Å². The summed E-state index contributed by atoms with van der Waals surface area (Å²) in [5, 5.41) is 6.35. The average molecular weight is 567 g/mol. The highest BCUT2D eigenvalue weighted by Crippen LogP contribution is 2.28. The minimum atomic E-state index is -0.406. The van der Waals surface area contributed by atoms with Gasteiger partial charge in [0.2, 0.25) is 0 Å². The number of nitrogens with zero attached hydrogens (tertiary/aromatic N) is 6. The lowest BCUT2D eigenvalue weighted by Gasteiger charge is -2.41. The van der Waals surface area contributed by atoms with E-state index >= 15 is 0 Å². The van der Waals surface area contributed by atoms with Crippen molar-refractivity contribution in [3.63, 3.8) is 0 Å². The van der Waals surface area contributed by atoms with Gasteiger partial charge in [-0.1, -0.05) is 17.7 Å². The maximum Gasteiger partial charge on any atom is 0.406 e.